The number of morpholine rings is 1. The summed E-state index contributed by atoms with van der Waals surface area (Å²) in [6.45, 7) is 1.53. The van der Waals surface area contributed by atoms with Crippen LogP contribution < -0.4 is 0 Å². The first-order chi connectivity index (χ1) is 9.58. The van der Waals surface area contributed by atoms with Gasteiger partial charge in [0.2, 0.25) is 0 Å². The van der Waals surface area contributed by atoms with Crippen LogP contribution in [0, 0.1) is 0 Å². The number of amides is 2. The van der Waals surface area contributed by atoms with E-state index in [-0.39, 0.29) is 19.1 Å². The van der Waals surface area contributed by atoms with Crippen LogP contribution in [0.5, 0.6) is 0 Å². The maximum absolute atomic E-state index is 12.4. The molecule has 1 aromatic heterocycles. The molecule has 0 saturated carbocycles. The Kier molecular flexibility index (Phi) is 4.91. The van der Waals surface area contributed by atoms with Crippen molar-refractivity contribution in [3.63, 3.8) is 0 Å². The summed E-state index contributed by atoms with van der Waals surface area (Å²) in [6.07, 6.45) is -0.101. The molecule has 0 spiro atoms. The molecule has 8 heteroatoms. The summed E-state index contributed by atoms with van der Waals surface area (Å²) < 4.78 is 5.26. The summed E-state index contributed by atoms with van der Waals surface area (Å²) >= 11 is 1.48. The van der Waals surface area contributed by atoms with Gasteiger partial charge in [0.25, 0.3) is 0 Å². The number of carboxylic acids is 1. The van der Waals surface area contributed by atoms with E-state index in [9.17, 15) is 9.59 Å². The van der Waals surface area contributed by atoms with Crippen LogP contribution in [0.2, 0.25) is 0 Å². The number of carboxylic acid groups (broad SMARTS) is 1. The lowest BCUT2D eigenvalue weighted by atomic mass is 10.1. The molecule has 0 aromatic carbocycles. The van der Waals surface area contributed by atoms with Crippen molar-refractivity contribution in [3.05, 3.63) is 16.6 Å². The van der Waals surface area contributed by atoms with Crippen LogP contribution >= 0.6 is 11.3 Å². The van der Waals surface area contributed by atoms with Gasteiger partial charge >= 0.3 is 12.0 Å². The van der Waals surface area contributed by atoms with Gasteiger partial charge in [0.15, 0.2) is 0 Å². The number of hydrogen-bond donors (Lipinski definition) is 1. The lowest BCUT2D eigenvalue weighted by molar-refractivity contribution is -0.139. The highest BCUT2D eigenvalue weighted by atomic mass is 32.1. The number of ether oxygens (including phenoxy) is 1. The molecule has 2 heterocycles. The zero-order valence-corrected chi connectivity index (χ0v) is 12.0. The molecule has 110 valence electrons. The predicted octanol–water partition coefficient (Wildman–Crippen LogP) is 0.870. The van der Waals surface area contributed by atoms with Crippen LogP contribution in [-0.4, -0.2) is 64.7 Å². The molecule has 1 unspecified atom stereocenters. The van der Waals surface area contributed by atoms with E-state index in [1.54, 1.807) is 22.4 Å². The quantitative estimate of drug-likeness (QED) is 0.892. The predicted molar refractivity (Wildman–Crippen MR) is 72.5 cm³/mol. The highest BCUT2D eigenvalue weighted by Crippen LogP contribution is 2.14. The average Bonchev–Trinajstić information content (AvgIpc) is 2.90. The topological polar surface area (TPSA) is 83.0 Å². The lowest BCUT2D eigenvalue weighted by Crippen LogP contribution is -2.53. The summed E-state index contributed by atoms with van der Waals surface area (Å²) in [5, 5.41) is 10.8. The van der Waals surface area contributed by atoms with E-state index in [0.717, 1.165) is 5.69 Å². The van der Waals surface area contributed by atoms with E-state index in [1.165, 1.54) is 11.3 Å². The largest absolute Gasteiger partial charge is 0.481 e. The van der Waals surface area contributed by atoms with Gasteiger partial charge < -0.3 is 19.6 Å². The number of hydrogen-bond acceptors (Lipinski definition) is 5. The Labute approximate surface area is 120 Å². The second kappa shape index (κ2) is 6.67. The first-order valence-corrected chi connectivity index (χ1v) is 7.20. The standard InChI is InChI=1S/C12H17N3O4S/c1-14(5-9-7-20-8-13-9)12(18)15-2-3-19-6-10(15)4-11(16)17/h7-8,10H,2-6H2,1H3,(H,16,17). The second-order valence-corrected chi connectivity index (χ2v) is 5.36. The molecule has 2 amide bonds. The number of carbonyl (C=O) groups is 2. The van der Waals surface area contributed by atoms with Gasteiger partial charge in [-0.15, -0.1) is 11.3 Å². The number of nitrogens with zero attached hydrogens (tertiary/aromatic N) is 3. The van der Waals surface area contributed by atoms with Gasteiger partial charge in [0, 0.05) is 19.0 Å². The molecule has 7 nitrogen and oxygen atoms in total. The SMILES string of the molecule is CN(Cc1cscn1)C(=O)N1CCOCC1CC(=O)O. The highest BCUT2D eigenvalue weighted by molar-refractivity contribution is 7.07. The molecule has 0 radical (unpaired) electrons. The molecule has 2 rings (SSSR count). The van der Waals surface area contributed by atoms with Crippen LogP contribution in [0.15, 0.2) is 10.9 Å². The first kappa shape index (κ1) is 14.7. The Balaban J connectivity index is 1.99. The zero-order valence-electron chi connectivity index (χ0n) is 11.2. The van der Waals surface area contributed by atoms with E-state index in [2.05, 4.69) is 4.98 Å². The average molecular weight is 299 g/mol. The minimum absolute atomic E-state index is 0.101. The fourth-order valence-corrected chi connectivity index (χ4v) is 2.67. The molecule has 1 aliphatic heterocycles. The molecule has 1 N–H and O–H groups in total. The van der Waals surface area contributed by atoms with Crippen molar-refractivity contribution in [3.8, 4) is 0 Å². The molecular formula is C12H17N3O4S. The molecule has 1 aliphatic rings. The normalized spacial score (nSPS) is 18.9. The van der Waals surface area contributed by atoms with E-state index >= 15 is 0 Å². The molecule has 1 fully saturated rings. The summed E-state index contributed by atoms with van der Waals surface area (Å²) in [7, 11) is 1.69. The molecule has 0 aliphatic carbocycles. The van der Waals surface area contributed by atoms with Crippen molar-refractivity contribution in [2.45, 2.75) is 19.0 Å². The molecule has 1 aromatic rings. The van der Waals surface area contributed by atoms with Crippen LogP contribution in [0.1, 0.15) is 12.1 Å². The van der Waals surface area contributed by atoms with Crippen LogP contribution in [0.25, 0.3) is 0 Å². The van der Waals surface area contributed by atoms with Crippen molar-refractivity contribution >= 4 is 23.3 Å². The number of carbonyl (C=O) groups excluding carboxylic acids is 1. The van der Waals surface area contributed by atoms with Crippen LogP contribution in [-0.2, 0) is 16.1 Å². The Hall–Kier alpha value is -1.67. The van der Waals surface area contributed by atoms with Crippen molar-refractivity contribution in [1.29, 1.82) is 0 Å². The van der Waals surface area contributed by atoms with Gasteiger partial charge in [-0.25, -0.2) is 9.78 Å². The number of aromatic nitrogens is 1. The van der Waals surface area contributed by atoms with Gasteiger partial charge in [-0.3, -0.25) is 4.79 Å². The van der Waals surface area contributed by atoms with Crippen molar-refractivity contribution in [2.24, 2.45) is 0 Å². The highest BCUT2D eigenvalue weighted by Gasteiger charge is 2.30. The minimum atomic E-state index is -0.930. The molecule has 1 saturated heterocycles. The Morgan fingerprint density at radius 1 is 1.65 bits per heavy atom. The maximum atomic E-state index is 12.4. The third-order valence-corrected chi connectivity index (χ3v) is 3.73. The third-order valence-electron chi connectivity index (χ3n) is 3.09. The number of urea groups is 1. The fourth-order valence-electron chi connectivity index (χ4n) is 2.12. The summed E-state index contributed by atoms with van der Waals surface area (Å²) in [5.41, 5.74) is 2.55. The Morgan fingerprint density at radius 2 is 2.45 bits per heavy atom. The summed E-state index contributed by atoms with van der Waals surface area (Å²) in [6, 6.07) is -0.598. The monoisotopic (exact) mass is 299 g/mol. The van der Waals surface area contributed by atoms with Gasteiger partial charge in [0.05, 0.1) is 43.4 Å². The first-order valence-electron chi connectivity index (χ1n) is 6.26. The second-order valence-electron chi connectivity index (χ2n) is 4.64. The van der Waals surface area contributed by atoms with Gasteiger partial charge in [-0.2, -0.15) is 0 Å². The van der Waals surface area contributed by atoms with E-state index in [1.807, 2.05) is 5.38 Å². The van der Waals surface area contributed by atoms with Crippen LogP contribution in [0.4, 0.5) is 4.79 Å². The maximum Gasteiger partial charge on any atom is 0.320 e. The van der Waals surface area contributed by atoms with Crippen LogP contribution in [0.3, 0.4) is 0 Å². The number of aliphatic carboxylic acids is 1. The van der Waals surface area contributed by atoms with Gasteiger partial charge in [-0.05, 0) is 0 Å². The summed E-state index contributed by atoms with van der Waals surface area (Å²) in [5.74, 6) is -0.930. The van der Waals surface area contributed by atoms with Crippen molar-refractivity contribution in [1.82, 2.24) is 14.8 Å². The Morgan fingerprint density at radius 3 is 3.10 bits per heavy atom. The van der Waals surface area contributed by atoms with E-state index < -0.39 is 12.0 Å². The Bertz CT molecular complexity index is 465. The number of rotatable bonds is 4. The number of thiazole rings is 1. The summed E-state index contributed by atoms with van der Waals surface area (Å²) in [4.78, 5) is 30.5. The smallest absolute Gasteiger partial charge is 0.320 e. The van der Waals surface area contributed by atoms with E-state index in [4.69, 9.17) is 9.84 Å². The molecule has 1 atom stereocenters. The van der Waals surface area contributed by atoms with Gasteiger partial charge in [0.1, 0.15) is 0 Å². The molecule has 20 heavy (non-hydrogen) atoms. The lowest BCUT2D eigenvalue weighted by Gasteiger charge is -2.37. The van der Waals surface area contributed by atoms with Crippen molar-refractivity contribution in [2.75, 3.05) is 26.8 Å². The van der Waals surface area contributed by atoms with Crippen molar-refractivity contribution < 1.29 is 19.4 Å². The zero-order chi connectivity index (χ0) is 14.5. The molecular weight excluding hydrogens is 282 g/mol. The molecule has 0 bridgehead atoms. The van der Waals surface area contributed by atoms with Gasteiger partial charge in [-0.1, -0.05) is 0 Å². The van der Waals surface area contributed by atoms with E-state index in [0.29, 0.717) is 19.7 Å². The minimum Gasteiger partial charge on any atom is -0.481 e. The third kappa shape index (κ3) is 3.67. The fraction of sp³-hybridized carbons (Fsp3) is 0.583.